The van der Waals surface area contributed by atoms with Crippen LogP contribution in [0.15, 0.2) is 54.6 Å². The number of ether oxygens (including phenoxy) is 1. The number of carbonyl (C=O) groups is 3. The summed E-state index contributed by atoms with van der Waals surface area (Å²) in [6.45, 7) is 1.66. The van der Waals surface area contributed by atoms with E-state index in [9.17, 15) is 19.6 Å². The van der Waals surface area contributed by atoms with Crippen LogP contribution in [0.2, 0.25) is 0 Å². The van der Waals surface area contributed by atoms with Crippen LogP contribution in [0.1, 0.15) is 69.1 Å². The van der Waals surface area contributed by atoms with Gasteiger partial charge in [0, 0.05) is 24.9 Å². The molecule has 2 aromatic carbocycles. The maximum absolute atomic E-state index is 13.3. The van der Waals surface area contributed by atoms with E-state index < -0.39 is 24.0 Å². The maximum Gasteiger partial charge on any atom is 0.224 e. The summed E-state index contributed by atoms with van der Waals surface area (Å²) in [7, 11) is 0. The van der Waals surface area contributed by atoms with Crippen molar-refractivity contribution in [1.82, 2.24) is 5.32 Å². The van der Waals surface area contributed by atoms with Gasteiger partial charge in [0.15, 0.2) is 0 Å². The third kappa shape index (κ3) is 9.03. The van der Waals surface area contributed by atoms with Crippen LogP contribution < -0.4 is 16.4 Å². The fourth-order valence-electron chi connectivity index (χ4n) is 4.90. The molecule has 0 bridgehead atoms. The van der Waals surface area contributed by atoms with Crippen molar-refractivity contribution in [3.05, 3.63) is 65.7 Å². The monoisotopic (exact) mass is 504 g/mol. The lowest BCUT2D eigenvalue weighted by atomic mass is 9.81. The summed E-state index contributed by atoms with van der Waals surface area (Å²) >= 11 is 0. The highest BCUT2D eigenvalue weighted by Crippen LogP contribution is 2.31. The Morgan fingerprint density at radius 2 is 1.73 bits per heavy atom. The lowest BCUT2D eigenvalue weighted by Crippen LogP contribution is -2.43. The van der Waals surface area contributed by atoms with E-state index in [4.69, 9.17) is 10.5 Å². The van der Waals surface area contributed by atoms with Gasteiger partial charge in [-0.1, -0.05) is 74.6 Å². The number of nitrogens with one attached hydrogen (secondary N) is 2. The molecule has 1 aliphatic rings. The molecule has 196 valence electrons. The van der Waals surface area contributed by atoms with Gasteiger partial charge in [-0.3, -0.25) is 14.4 Å². The summed E-state index contributed by atoms with van der Waals surface area (Å²) in [5, 5.41) is 15.6. The molecule has 3 atom stereocenters. The molecule has 0 heterocycles. The van der Waals surface area contributed by atoms with Crippen LogP contribution in [0.5, 0.6) is 0 Å². The van der Waals surface area contributed by atoms with E-state index in [2.05, 4.69) is 16.7 Å². The summed E-state index contributed by atoms with van der Waals surface area (Å²) in [6.07, 6.45) is 5.27. The molecule has 0 saturated heterocycles. The highest BCUT2D eigenvalue weighted by atomic mass is 16.5. The molecule has 3 rings (SSSR count). The van der Waals surface area contributed by atoms with E-state index in [1.54, 1.807) is 24.3 Å². The van der Waals surface area contributed by atoms with Crippen LogP contribution in [-0.2, 0) is 25.7 Å². The molecule has 0 aromatic heterocycles. The van der Waals surface area contributed by atoms with Crippen molar-refractivity contribution in [1.29, 1.82) is 5.26 Å². The maximum atomic E-state index is 13.3. The van der Waals surface area contributed by atoms with E-state index in [1.807, 2.05) is 30.3 Å². The molecule has 3 amide bonds. The molecule has 1 fully saturated rings. The lowest BCUT2D eigenvalue weighted by molar-refractivity contribution is -0.131. The van der Waals surface area contributed by atoms with Crippen molar-refractivity contribution in [2.45, 2.75) is 70.6 Å². The molecule has 0 spiro atoms. The van der Waals surface area contributed by atoms with Crippen molar-refractivity contribution >= 4 is 23.4 Å². The number of primary amides is 1. The summed E-state index contributed by atoms with van der Waals surface area (Å²) in [5.41, 5.74) is 7.69. The Balaban J connectivity index is 1.79. The molecule has 37 heavy (non-hydrogen) atoms. The zero-order chi connectivity index (χ0) is 26.6. The van der Waals surface area contributed by atoms with Crippen LogP contribution in [0.25, 0.3) is 0 Å². The number of benzene rings is 2. The fraction of sp³-hybridized carbons (Fsp3) is 0.448. The normalized spacial score (nSPS) is 16.1. The molecule has 3 unspecified atom stereocenters. The molecular weight excluding hydrogens is 468 g/mol. The van der Waals surface area contributed by atoms with Gasteiger partial charge in [0.2, 0.25) is 17.7 Å². The first kappa shape index (κ1) is 27.9. The summed E-state index contributed by atoms with van der Waals surface area (Å²) in [4.78, 5) is 36.5. The SMILES string of the molecule is CC(=O)Nc1ccc(C(OCc2ccccc2)C(C#N)NC(=O)C(CC(N)=O)CC2CCCCC2)cc1. The number of amides is 3. The standard InChI is InChI=1S/C29H36N4O4/c1-20(34)32-25-14-12-23(13-15-25)28(37-19-22-10-6-3-7-11-22)26(18-30)33-29(36)24(17-27(31)35)16-21-8-4-2-5-9-21/h3,6-7,10-15,21,24,26,28H,2,4-5,8-9,16-17,19H2,1H3,(H2,31,35)(H,32,34)(H,33,36). The Kier molecular flexibility index (Phi) is 10.7. The van der Waals surface area contributed by atoms with Crippen LogP contribution in [0, 0.1) is 23.2 Å². The van der Waals surface area contributed by atoms with Gasteiger partial charge in [0.05, 0.1) is 12.7 Å². The molecule has 8 heteroatoms. The zero-order valence-electron chi connectivity index (χ0n) is 21.3. The van der Waals surface area contributed by atoms with Crippen molar-refractivity contribution in [2.75, 3.05) is 5.32 Å². The van der Waals surface area contributed by atoms with Crippen LogP contribution in [0.4, 0.5) is 5.69 Å². The number of nitriles is 1. The van der Waals surface area contributed by atoms with E-state index in [0.717, 1.165) is 31.2 Å². The van der Waals surface area contributed by atoms with E-state index in [1.165, 1.54) is 13.3 Å². The second kappa shape index (κ2) is 14.1. The number of rotatable bonds is 12. The molecule has 1 saturated carbocycles. The number of anilines is 1. The Morgan fingerprint density at radius 3 is 2.32 bits per heavy atom. The van der Waals surface area contributed by atoms with E-state index in [0.29, 0.717) is 23.6 Å². The highest BCUT2D eigenvalue weighted by Gasteiger charge is 2.31. The highest BCUT2D eigenvalue weighted by molar-refractivity contribution is 5.88. The van der Waals surface area contributed by atoms with Crippen LogP contribution >= 0.6 is 0 Å². The molecule has 4 N–H and O–H groups in total. The summed E-state index contributed by atoms with van der Waals surface area (Å²) in [6, 6.07) is 17.7. The summed E-state index contributed by atoms with van der Waals surface area (Å²) in [5.74, 6) is -1.30. The number of hydrogen-bond donors (Lipinski definition) is 3. The molecular formula is C29H36N4O4. The molecule has 2 aromatic rings. The predicted molar refractivity (Wildman–Crippen MR) is 141 cm³/mol. The van der Waals surface area contributed by atoms with Crippen molar-refractivity contribution in [2.24, 2.45) is 17.6 Å². The third-order valence-electron chi connectivity index (χ3n) is 6.73. The topological polar surface area (TPSA) is 134 Å². The Labute approximate surface area is 218 Å². The number of hydrogen-bond acceptors (Lipinski definition) is 5. The quantitative estimate of drug-likeness (QED) is 0.394. The van der Waals surface area contributed by atoms with Crippen LogP contribution in [-0.4, -0.2) is 23.8 Å². The van der Waals surface area contributed by atoms with Gasteiger partial charge in [0.25, 0.3) is 0 Å². The molecule has 0 aliphatic heterocycles. The second-order valence-electron chi connectivity index (χ2n) is 9.74. The second-order valence-corrected chi connectivity index (χ2v) is 9.74. The fourth-order valence-corrected chi connectivity index (χ4v) is 4.90. The average molecular weight is 505 g/mol. The van der Waals surface area contributed by atoms with Gasteiger partial charge in [-0.15, -0.1) is 0 Å². The van der Waals surface area contributed by atoms with Gasteiger partial charge in [0.1, 0.15) is 12.1 Å². The smallest absolute Gasteiger partial charge is 0.224 e. The van der Waals surface area contributed by atoms with Gasteiger partial charge in [-0.25, -0.2) is 0 Å². The number of nitrogens with two attached hydrogens (primary N) is 1. The van der Waals surface area contributed by atoms with E-state index in [-0.39, 0.29) is 24.8 Å². The Morgan fingerprint density at radius 1 is 1.05 bits per heavy atom. The largest absolute Gasteiger partial charge is 0.370 e. The van der Waals surface area contributed by atoms with Crippen molar-refractivity contribution in [3.8, 4) is 6.07 Å². The number of nitrogens with zero attached hydrogens (tertiary/aromatic N) is 1. The Bertz CT molecular complexity index is 1080. The molecule has 1 aliphatic carbocycles. The van der Waals surface area contributed by atoms with Crippen molar-refractivity contribution < 1.29 is 19.1 Å². The minimum atomic E-state index is -0.996. The average Bonchev–Trinajstić information content (AvgIpc) is 2.89. The molecule has 8 nitrogen and oxygen atoms in total. The minimum absolute atomic E-state index is 0.0541. The Hall–Kier alpha value is -3.70. The lowest BCUT2D eigenvalue weighted by Gasteiger charge is -2.28. The van der Waals surface area contributed by atoms with Gasteiger partial charge >= 0.3 is 0 Å². The predicted octanol–water partition coefficient (Wildman–Crippen LogP) is 4.37. The molecule has 0 radical (unpaired) electrons. The first-order chi connectivity index (χ1) is 17.9. The third-order valence-corrected chi connectivity index (χ3v) is 6.73. The minimum Gasteiger partial charge on any atom is -0.370 e. The van der Waals surface area contributed by atoms with Crippen LogP contribution in [0.3, 0.4) is 0 Å². The first-order valence-corrected chi connectivity index (χ1v) is 12.9. The van der Waals surface area contributed by atoms with Gasteiger partial charge in [-0.05, 0) is 35.6 Å². The van der Waals surface area contributed by atoms with Gasteiger partial charge < -0.3 is 21.1 Å². The number of carbonyl (C=O) groups excluding carboxylic acids is 3. The van der Waals surface area contributed by atoms with Crippen molar-refractivity contribution in [3.63, 3.8) is 0 Å². The van der Waals surface area contributed by atoms with Gasteiger partial charge in [-0.2, -0.15) is 5.26 Å². The van der Waals surface area contributed by atoms with E-state index >= 15 is 0 Å². The zero-order valence-corrected chi connectivity index (χ0v) is 21.3. The summed E-state index contributed by atoms with van der Waals surface area (Å²) < 4.78 is 6.18. The first-order valence-electron chi connectivity index (χ1n) is 12.9.